The number of para-hydroxylation sites is 1. The van der Waals surface area contributed by atoms with Gasteiger partial charge in [0.05, 0.1) is 23.8 Å². The standard InChI is InChI=1S/C24H23FN2O4/c1-3-12-26(17(2)28)15-23(29)27(13-18-8-10-20(25)11-9-18)14-19-16-31-22-7-5-4-6-21(22)24(19)30/h3-11,16H,1,12-15H2,2H3. The summed E-state index contributed by atoms with van der Waals surface area (Å²) in [6, 6.07) is 12.6. The highest BCUT2D eigenvalue weighted by Crippen LogP contribution is 2.14. The van der Waals surface area contributed by atoms with Crippen LogP contribution in [0.2, 0.25) is 0 Å². The van der Waals surface area contributed by atoms with Crippen LogP contribution < -0.4 is 5.43 Å². The maximum Gasteiger partial charge on any atom is 0.242 e. The van der Waals surface area contributed by atoms with Gasteiger partial charge in [-0.1, -0.05) is 30.3 Å². The molecule has 6 nitrogen and oxygen atoms in total. The number of halogens is 1. The smallest absolute Gasteiger partial charge is 0.242 e. The van der Waals surface area contributed by atoms with Gasteiger partial charge in [0.15, 0.2) is 5.43 Å². The molecule has 0 aliphatic rings. The minimum absolute atomic E-state index is 0.0107. The zero-order chi connectivity index (χ0) is 22.4. The van der Waals surface area contributed by atoms with Crippen molar-refractivity contribution in [3.8, 4) is 0 Å². The van der Waals surface area contributed by atoms with Gasteiger partial charge in [0.25, 0.3) is 0 Å². The van der Waals surface area contributed by atoms with E-state index in [-0.39, 0.29) is 49.2 Å². The van der Waals surface area contributed by atoms with Gasteiger partial charge in [0.2, 0.25) is 11.8 Å². The van der Waals surface area contributed by atoms with Crippen LogP contribution in [0.5, 0.6) is 0 Å². The van der Waals surface area contributed by atoms with Gasteiger partial charge in [0, 0.05) is 20.0 Å². The molecule has 0 atom stereocenters. The predicted octanol–water partition coefficient (Wildman–Crippen LogP) is 3.50. The van der Waals surface area contributed by atoms with Gasteiger partial charge in [-0.05, 0) is 29.8 Å². The topological polar surface area (TPSA) is 70.8 Å². The number of nitrogens with zero attached hydrogens (tertiary/aromatic N) is 2. The van der Waals surface area contributed by atoms with Crippen LogP contribution in [0.1, 0.15) is 18.1 Å². The van der Waals surface area contributed by atoms with E-state index in [0.29, 0.717) is 22.1 Å². The fraction of sp³-hybridized carbons (Fsp3) is 0.208. The second-order valence-corrected chi connectivity index (χ2v) is 7.15. The molecular formula is C24H23FN2O4. The monoisotopic (exact) mass is 422 g/mol. The summed E-state index contributed by atoms with van der Waals surface area (Å²) in [7, 11) is 0. The third-order valence-corrected chi connectivity index (χ3v) is 4.87. The van der Waals surface area contributed by atoms with Crippen molar-refractivity contribution in [2.24, 2.45) is 0 Å². The molecule has 0 radical (unpaired) electrons. The number of benzene rings is 2. The number of hydrogen-bond donors (Lipinski definition) is 0. The second kappa shape index (κ2) is 9.84. The quantitative estimate of drug-likeness (QED) is 0.521. The van der Waals surface area contributed by atoms with Crippen molar-refractivity contribution in [2.45, 2.75) is 20.0 Å². The summed E-state index contributed by atoms with van der Waals surface area (Å²) in [4.78, 5) is 40.6. The van der Waals surface area contributed by atoms with Crippen LogP contribution in [-0.4, -0.2) is 34.7 Å². The van der Waals surface area contributed by atoms with Gasteiger partial charge in [-0.25, -0.2) is 4.39 Å². The second-order valence-electron chi connectivity index (χ2n) is 7.15. The molecular weight excluding hydrogens is 399 g/mol. The minimum atomic E-state index is -0.384. The molecule has 2 aromatic carbocycles. The average molecular weight is 422 g/mol. The first-order valence-corrected chi connectivity index (χ1v) is 9.77. The Morgan fingerprint density at radius 2 is 1.77 bits per heavy atom. The van der Waals surface area contributed by atoms with E-state index in [9.17, 15) is 18.8 Å². The molecule has 0 aliphatic carbocycles. The molecule has 0 saturated carbocycles. The summed E-state index contributed by atoms with van der Waals surface area (Å²) in [5.41, 5.74) is 1.24. The van der Waals surface area contributed by atoms with Crippen molar-refractivity contribution < 1.29 is 18.4 Å². The fourth-order valence-electron chi connectivity index (χ4n) is 3.20. The highest BCUT2D eigenvalue weighted by molar-refractivity contribution is 5.84. The van der Waals surface area contributed by atoms with E-state index >= 15 is 0 Å². The Labute approximate surface area is 179 Å². The highest BCUT2D eigenvalue weighted by Gasteiger charge is 2.21. The van der Waals surface area contributed by atoms with Gasteiger partial charge >= 0.3 is 0 Å². The molecule has 1 aromatic heterocycles. The van der Waals surface area contributed by atoms with Gasteiger partial charge in [-0.2, -0.15) is 0 Å². The summed E-state index contributed by atoms with van der Waals surface area (Å²) < 4.78 is 18.9. The van der Waals surface area contributed by atoms with E-state index in [4.69, 9.17) is 4.42 Å². The molecule has 0 unspecified atom stereocenters. The Bertz CT molecular complexity index is 1150. The Kier molecular flexibility index (Phi) is 6.97. The average Bonchev–Trinajstić information content (AvgIpc) is 2.76. The Hall–Kier alpha value is -3.74. The number of carbonyl (C=O) groups is 2. The fourth-order valence-corrected chi connectivity index (χ4v) is 3.20. The third kappa shape index (κ3) is 5.45. The first-order valence-electron chi connectivity index (χ1n) is 9.77. The van der Waals surface area contributed by atoms with Crippen molar-refractivity contribution in [3.63, 3.8) is 0 Å². The van der Waals surface area contributed by atoms with E-state index in [0.717, 1.165) is 0 Å². The zero-order valence-corrected chi connectivity index (χ0v) is 17.2. The lowest BCUT2D eigenvalue weighted by atomic mass is 10.1. The predicted molar refractivity (Wildman–Crippen MR) is 116 cm³/mol. The van der Waals surface area contributed by atoms with Crippen LogP contribution in [-0.2, 0) is 22.7 Å². The van der Waals surface area contributed by atoms with Crippen LogP contribution in [0, 0.1) is 5.82 Å². The van der Waals surface area contributed by atoms with Crippen LogP contribution >= 0.6 is 0 Å². The molecule has 1 heterocycles. The van der Waals surface area contributed by atoms with E-state index in [1.807, 2.05) is 0 Å². The SMILES string of the molecule is C=CCN(CC(=O)N(Cc1ccc(F)cc1)Cc1coc2ccccc2c1=O)C(C)=O. The maximum absolute atomic E-state index is 13.3. The van der Waals surface area contributed by atoms with Crippen molar-refractivity contribution in [3.05, 3.63) is 94.6 Å². The molecule has 0 saturated heterocycles. The van der Waals surface area contributed by atoms with E-state index in [1.54, 1.807) is 36.4 Å². The molecule has 0 bridgehead atoms. The highest BCUT2D eigenvalue weighted by atomic mass is 19.1. The van der Waals surface area contributed by atoms with Crippen molar-refractivity contribution in [1.82, 2.24) is 9.80 Å². The lowest BCUT2D eigenvalue weighted by molar-refractivity contribution is -0.139. The molecule has 2 amide bonds. The number of carbonyl (C=O) groups excluding carboxylic acids is 2. The maximum atomic E-state index is 13.3. The van der Waals surface area contributed by atoms with Crippen LogP contribution in [0.15, 0.2) is 76.7 Å². The summed E-state index contributed by atoms with van der Waals surface area (Å²) in [6.07, 6.45) is 2.89. The normalized spacial score (nSPS) is 10.6. The number of amides is 2. The minimum Gasteiger partial charge on any atom is -0.464 e. The van der Waals surface area contributed by atoms with E-state index in [2.05, 4.69) is 6.58 Å². The molecule has 31 heavy (non-hydrogen) atoms. The Morgan fingerprint density at radius 1 is 1.06 bits per heavy atom. The molecule has 3 aromatic rings. The summed E-state index contributed by atoms with van der Waals surface area (Å²) in [5, 5.41) is 0.422. The first-order chi connectivity index (χ1) is 14.9. The Morgan fingerprint density at radius 3 is 2.45 bits per heavy atom. The van der Waals surface area contributed by atoms with Crippen LogP contribution in [0.3, 0.4) is 0 Å². The summed E-state index contributed by atoms with van der Waals surface area (Å²) in [6.45, 7) is 5.18. The molecule has 7 heteroatoms. The Balaban J connectivity index is 1.91. The molecule has 0 N–H and O–H groups in total. The van der Waals surface area contributed by atoms with Gasteiger partial charge in [0.1, 0.15) is 17.9 Å². The van der Waals surface area contributed by atoms with Crippen molar-refractivity contribution in [1.29, 1.82) is 0 Å². The molecule has 3 rings (SSSR count). The van der Waals surface area contributed by atoms with Crippen molar-refractivity contribution >= 4 is 22.8 Å². The number of rotatable bonds is 8. The number of hydrogen-bond acceptors (Lipinski definition) is 4. The number of fused-ring (bicyclic) bond motifs is 1. The van der Waals surface area contributed by atoms with Crippen molar-refractivity contribution in [2.75, 3.05) is 13.1 Å². The third-order valence-electron chi connectivity index (χ3n) is 4.87. The van der Waals surface area contributed by atoms with Crippen LogP contribution in [0.25, 0.3) is 11.0 Å². The van der Waals surface area contributed by atoms with Crippen LogP contribution in [0.4, 0.5) is 4.39 Å². The molecule has 0 aliphatic heterocycles. The first kappa shape index (κ1) is 22.0. The molecule has 0 fully saturated rings. The van der Waals surface area contributed by atoms with E-state index < -0.39 is 0 Å². The molecule has 0 spiro atoms. The lowest BCUT2D eigenvalue weighted by Crippen LogP contribution is -2.42. The zero-order valence-electron chi connectivity index (χ0n) is 17.2. The van der Waals surface area contributed by atoms with E-state index in [1.165, 1.54) is 41.2 Å². The molecule has 160 valence electrons. The van der Waals surface area contributed by atoms with Gasteiger partial charge in [-0.15, -0.1) is 6.58 Å². The largest absolute Gasteiger partial charge is 0.464 e. The lowest BCUT2D eigenvalue weighted by Gasteiger charge is -2.26. The summed E-state index contributed by atoms with van der Waals surface area (Å²) >= 11 is 0. The van der Waals surface area contributed by atoms with Gasteiger partial charge < -0.3 is 14.2 Å². The van der Waals surface area contributed by atoms with Gasteiger partial charge in [-0.3, -0.25) is 14.4 Å². The summed E-state index contributed by atoms with van der Waals surface area (Å²) in [5.74, 6) is -1.00.